The average Bonchev–Trinajstić information content (AvgIpc) is 2.70. The zero-order chi connectivity index (χ0) is 8.84. The van der Waals surface area contributed by atoms with Crippen molar-refractivity contribution in [2.75, 3.05) is 6.54 Å². The number of hydrogen-bond acceptors (Lipinski definition) is 1. The van der Waals surface area contributed by atoms with Gasteiger partial charge in [0.2, 0.25) is 5.91 Å². The van der Waals surface area contributed by atoms with Crippen LogP contribution in [0.2, 0.25) is 0 Å². The van der Waals surface area contributed by atoms with Gasteiger partial charge < -0.3 is 9.88 Å². The van der Waals surface area contributed by atoms with Crippen LogP contribution in [0.25, 0.3) is 0 Å². The van der Waals surface area contributed by atoms with Crippen molar-refractivity contribution < 1.29 is 4.79 Å². The van der Waals surface area contributed by atoms with E-state index in [4.69, 9.17) is 0 Å². The summed E-state index contributed by atoms with van der Waals surface area (Å²) in [4.78, 5) is 16.7. The van der Waals surface area contributed by atoms with Gasteiger partial charge in [0.25, 0.3) is 0 Å². The zero-order valence-corrected chi connectivity index (χ0v) is 7.42. The van der Waals surface area contributed by atoms with Crippen LogP contribution in [0.3, 0.4) is 0 Å². The maximum Gasteiger partial charge on any atom is 0.223 e. The summed E-state index contributed by atoms with van der Waals surface area (Å²) in [6.07, 6.45) is 4.72. The van der Waals surface area contributed by atoms with E-state index in [0.717, 1.165) is 25.8 Å². The molecule has 3 heteroatoms. The van der Waals surface area contributed by atoms with E-state index in [1.165, 1.54) is 11.3 Å². The highest BCUT2D eigenvalue weighted by atomic mass is 16.2. The topological polar surface area (TPSA) is 36.1 Å². The molecule has 3 rings (SSSR count). The molecule has 0 unspecified atom stereocenters. The van der Waals surface area contributed by atoms with Crippen molar-refractivity contribution in [1.29, 1.82) is 0 Å². The quantitative estimate of drug-likeness (QED) is 0.634. The molecule has 0 bridgehead atoms. The molecule has 1 aromatic rings. The van der Waals surface area contributed by atoms with Crippen LogP contribution >= 0.6 is 0 Å². The van der Waals surface area contributed by atoms with Gasteiger partial charge >= 0.3 is 0 Å². The number of nitrogens with zero attached hydrogens (tertiary/aromatic N) is 1. The molecule has 1 aromatic heterocycles. The molecule has 0 aromatic carbocycles. The Balaban J connectivity index is 2.05. The first-order valence-corrected chi connectivity index (χ1v) is 4.82. The maximum absolute atomic E-state index is 11.5. The van der Waals surface area contributed by atoms with E-state index in [0.29, 0.717) is 11.9 Å². The van der Waals surface area contributed by atoms with E-state index >= 15 is 0 Å². The summed E-state index contributed by atoms with van der Waals surface area (Å²) >= 11 is 0. The van der Waals surface area contributed by atoms with Gasteiger partial charge in [0, 0.05) is 24.9 Å². The third-order valence-corrected chi connectivity index (χ3v) is 3.15. The number of carbonyl (C=O) groups is 1. The van der Waals surface area contributed by atoms with Gasteiger partial charge in [-0.1, -0.05) is 0 Å². The van der Waals surface area contributed by atoms with Crippen LogP contribution < -0.4 is 0 Å². The summed E-state index contributed by atoms with van der Waals surface area (Å²) < 4.78 is 0. The lowest BCUT2D eigenvalue weighted by atomic mass is 10.0. The average molecular weight is 176 g/mol. The number of fused-ring (bicyclic) bond motifs is 3. The lowest BCUT2D eigenvalue weighted by Gasteiger charge is -2.29. The SMILES string of the molecule is O=C1CC[C@@H]2c3[nH]ccc3CCN12. The summed E-state index contributed by atoms with van der Waals surface area (Å²) in [6, 6.07) is 2.49. The van der Waals surface area contributed by atoms with Gasteiger partial charge in [-0.25, -0.2) is 0 Å². The molecule has 3 nitrogen and oxygen atoms in total. The van der Waals surface area contributed by atoms with Crippen LogP contribution in [0.15, 0.2) is 12.3 Å². The van der Waals surface area contributed by atoms with Crippen molar-refractivity contribution >= 4 is 5.91 Å². The molecule has 1 saturated heterocycles. The van der Waals surface area contributed by atoms with Gasteiger partial charge in [-0.15, -0.1) is 0 Å². The Morgan fingerprint density at radius 1 is 1.46 bits per heavy atom. The minimum absolute atomic E-state index is 0.324. The van der Waals surface area contributed by atoms with Gasteiger partial charge in [-0.2, -0.15) is 0 Å². The Morgan fingerprint density at radius 2 is 2.38 bits per heavy atom. The molecule has 0 saturated carbocycles. The standard InChI is InChI=1S/C10H12N2O/c13-9-2-1-8-10-7(3-5-11-10)4-6-12(8)9/h3,5,8,11H,1-2,4,6H2/t8-/m1/s1. The molecule has 2 aliphatic heterocycles. The highest BCUT2D eigenvalue weighted by molar-refractivity contribution is 5.79. The fourth-order valence-corrected chi connectivity index (χ4v) is 2.50. The molecule has 0 spiro atoms. The van der Waals surface area contributed by atoms with Gasteiger partial charge in [0.1, 0.15) is 0 Å². The summed E-state index contributed by atoms with van der Waals surface area (Å²) in [6.45, 7) is 0.911. The highest BCUT2D eigenvalue weighted by Gasteiger charge is 2.36. The summed E-state index contributed by atoms with van der Waals surface area (Å²) in [5, 5.41) is 0. The number of aromatic nitrogens is 1. The number of H-pyrrole nitrogens is 1. The molecular formula is C10H12N2O. The van der Waals surface area contributed by atoms with Crippen LogP contribution in [-0.2, 0) is 11.2 Å². The maximum atomic E-state index is 11.5. The van der Waals surface area contributed by atoms with Crippen molar-refractivity contribution in [3.63, 3.8) is 0 Å². The van der Waals surface area contributed by atoms with Crippen molar-refractivity contribution in [3.8, 4) is 0 Å². The lowest BCUT2D eigenvalue weighted by Crippen LogP contribution is -2.33. The fraction of sp³-hybridized carbons (Fsp3) is 0.500. The number of hydrogen-bond donors (Lipinski definition) is 1. The van der Waals surface area contributed by atoms with Crippen LogP contribution in [0.4, 0.5) is 0 Å². The summed E-state index contributed by atoms with van der Waals surface area (Å²) in [7, 11) is 0. The molecule has 1 amide bonds. The Bertz CT molecular complexity index is 356. The summed E-state index contributed by atoms with van der Waals surface area (Å²) in [5.41, 5.74) is 2.67. The van der Waals surface area contributed by atoms with Gasteiger partial charge in [0.05, 0.1) is 6.04 Å². The van der Waals surface area contributed by atoms with E-state index in [-0.39, 0.29) is 0 Å². The van der Waals surface area contributed by atoms with Crippen molar-refractivity contribution in [2.24, 2.45) is 0 Å². The van der Waals surface area contributed by atoms with Gasteiger partial charge in [-0.3, -0.25) is 4.79 Å². The molecule has 3 heterocycles. The van der Waals surface area contributed by atoms with E-state index in [9.17, 15) is 4.79 Å². The van der Waals surface area contributed by atoms with Crippen LogP contribution in [0, 0.1) is 0 Å². The lowest BCUT2D eigenvalue weighted by molar-refractivity contribution is -0.129. The minimum Gasteiger partial charge on any atom is -0.363 e. The van der Waals surface area contributed by atoms with Crippen LogP contribution in [0.1, 0.15) is 30.1 Å². The third kappa shape index (κ3) is 0.870. The number of rotatable bonds is 0. The number of amides is 1. The Morgan fingerprint density at radius 3 is 3.31 bits per heavy atom. The molecule has 0 radical (unpaired) electrons. The molecule has 2 aliphatic rings. The third-order valence-electron chi connectivity index (χ3n) is 3.15. The molecule has 13 heavy (non-hydrogen) atoms. The predicted molar refractivity (Wildman–Crippen MR) is 48.2 cm³/mol. The van der Waals surface area contributed by atoms with Gasteiger partial charge in [0.15, 0.2) is 0 Å². The van der Waals surface area contributed by atoms with Crippen LogP contribution in [-0.4, -0.2) is 22.3 Å². The highest BCUT2D eigenvalue weighted by Crippen LogP contribution is 2.36. The zero-order valence-electron chi connectivity index (χ0n) is 7.42. The first-order valence-electron chi connectivity index (χ1n) is 4.82. The van der Waals surface area contributed by atoms with E-state index in [1.807, 2.05) is 11.1 Å². The molecule has 1 atom stereocenters. The minimum atomic E-state index is 0.324. The second kappa shape index (κ2) is 2.37. The number of carbonyl (C=O) groups excluding carboxylic acids is 1. The second-order valence-corrected chi connectivity index (χ2v) is 3.81. The Kier molecular flexibility index (Phi) is 1.31. The number of nitrogens with one attached hydrogen (secondary N) is 1. The van der Waals surface area contributed by atoms with E-state index in [2.05, 4.69) is 11.1 Å². The van der Waals surface area contributed by atoms with Crippen molar-refractivity contribution in [2.45, 2.75) is 25.3 Å². The molecule has 1 N–H and O–H groups in total. The summed E-state index contributed by atoms with van der Waals surface area (Å²) in [5.74, 6) is 0.324. The van der Waals surface area contributed by atoms with Crippen LogP contribution in [0.5, 0.6) is 0 Å². The number of aromatic amines is 1. The Hall–Kier alpha value is -1.25. The van der Waals surface area contributed by atoms with E-state index < -0.39 is 0 Å². The normalized spacial score (nSPS) is 26.0. The first-order chi connectivity index (χ1) is 6.36. The monoisotopic (exact) mass is 176 g/mol. The molecule has 0 aliphatic carbocycles. The fourth-order valence-electron chi connectivity index (χ4n) is 2.50. The molecule has 68 valence electrons. The van der Waals surface area contributed by atoms with E-state index in [1.54, 1.807) is 0 Å². The predicted octanol–water partition coefficient (Wildman–Crippen LogP) is 1.23. The smallest absolute Gasteiger partial charge is 0.223 e. The Labute approximate surface area is 76.7 Å². The molecule has 1 fully saturated rings. The van der Waals surface area contributed by atoms with Crippen molar-refractivity contribution in [3.05, 3.63) is 23.5 Å². The van der Waals surface area contributed by atoms with Gasteiger partial charge in [-0.05, 0) is 24.5 Å². The largest absolute Gasteiger partial charge is 0.363 e. The second-order valence-electron chi connectivity index (χ2n) is 3.81. The first kappa shape index (κ1) is 7.18. The molecular weight excluding hydrogens is 164 g/mol. The van der Waals surface area contributed by atoms with Crippen molar-refractivity contribution in [1.82, 2.24) is 9.88 Å².